The second kappa shape index (κ2) is 59.4. The second-order valence-corrected chi connectivity index (χ2v) is 20.3. The standard InChI is InChI=1S/C65H114O6/c1-4-7-10-13-16-18-20-22-24-26-28-30-31-32-33-35-36-38-40-42-44-46-49-52-55-58-64(67)70-61-62(60-69-63(66)57-54-51-48-15-12-9-6-3)71-65(68)59-56-53-50-47-45-43-41-39-37-34-29-27-25-23-21-19-17-14-11-8-5-2/h20-23,26-29,31-32,37,39,62H,4-19,24-25,30,33-36,38,40-61H2,1-3H3/b22-20-,23-21-,28-26-,29-27-,32-31-,39-37-. The first-order valence-corrected chi connectivity index (χ1v) is 30.4. The highest BCUT2D eigenvalue weighted by molar-refractivity contribution is 5.71. The molecule has 0 aromatic rings. The Morgan fingerprint density at radius 3 is 0.789 bits per heavy atom. The van der Waals surface area contributed by atoms with Gasteiger partial charge in [0.1, 0.15) is 13.2 Å². The van der Waals surface area contributed by atoms with Gasteiger partial charge in [0.25, 0.3) is 0 Å². The maximum atomic E-state index is 12.8. The summed E-state index contributed by atoms with van der Waals surface area (Å²) in [6.45, 7) is 6.58. The zero-order chi connectivity index (χ0) is 51.4. The van der Waals surface area contributed by atoms with Crippen LogP contribution in [0.5, 0.6) is 0 Å². The largest absolute Gasteiger partial charge is 0.462 e. The summed E-state index contributed by atoms with van der Waals surface area (Å²) in [5.74, 6) is -0.895. The Balaban J connectivity index is 4.20. The van der Waals surface area contributed by atoms with Crippen molar-refractivity contribution in [3.8, 4) is 0 Å². The lowest BCUT2D eigenvalue weighted by molar-refractivity contribution is -0.167. The minimum Gasteiger partial charge on any atom is -0.462 e. The number of allylic oxidation sites excluding steroid dienone is 12. The SMILES string of the molecule is CCCCCCC/C=C\C/C=C\C/C=C\CCCCCCCCCCCCC(=O)OCC(COC(=O)CCCCCCCCC)OC(=O)CCCCCCCC/C=C\C/C=C\C/C=C\CCCCCCC. The van der Waals surface area contributed by atoms with Crippen LogP contribution in [0, 0.1) is 0 Å². The predicted octanol–water partition coefficient (Wildman–Crippen LogP) is 20.5. The molecule has 0 amide bonds. The van der Waals surface area contributed by atoms with Crippen LogP contribution in [0.4, 0.5) is 0 Å². The average molecular weight is 992 g/mol. The number of carbonyl (C=O) groups excluding carboxylic acids is 3. The molecule has 0 heterocycles. The Morgan fingerprint density at radius 1 is 0.282 bits per heavy atom. The molecule has 71 heavy (non-hydrogen) atoms. The number of unbranched alkanes of at least 4 members (excludes halogenated alkanes) is 32. The van der Waals surface area contributed by atoms with Crippen LogP contribution in [-0.2, 0) is 28.6 Å². The summed E-state index contributed by atoms with van der Waals surface area (Å²) < 4.78 is 16.8. The molecule has 6 heteroatoms. The van der Waals surface area contributed by atoms with Gasteiger partial charge in [-0.3, -0.25) is 14.4 Å². The number of hydrogen-bond donors (Lipinski definition) is 0. The number of hydrogen-bond acceptors (Lipinski definition) is 6. The fraction of sp³-hybridized carbons (Fsp3) is 0.769. The van der Waals surface area contributed by atoms with Gasteiger partial charge in [-0.2, -0.15) is 0 Å². The summed E-state index contributed by atoms with van der Waals surface area (Å²) >= 11 is 0. The van der Waals surface area contributed by atoms with E-state index in [4.69, 9.17) is 14.2 Å². The first-order valence-electron chi connectivity index (χ1n) is 30.4. The first-order chi connectivity index (χ1) is 35.0. The van der Waals surface area contributed by atoms with Crippen molar-refractivity contribution < 1.29 is 28.6 Å². The van der Waals surface area contributed by atoms with Crippen molar-refractivity contribution in [3.63, 3.8) is 0 Å². The molecule has 0 aliphatic rings. The molecule has 1 atom stereocenters. The van der Waals surface area contributed by atoms with Crippen molar-refractivity contribution in [2.45, 2.75) is 309 Å². The lowest BCUT2D eigenvalue weighted by Gasteiger charge is -2.18. The Labute approximate surface area is 440 Å². The molecule has 0 aliphatic carbocycles. The van der Waals surface area contributed by atoms with Crippen LogP contribution in [0.2, 0.25) is 0 Å². The van der Waals surface area contributed by atoms with Crippen molar-refractivity contribution in [2.75, 3.05) is 13.2 Å². The first kappa shape index (κ1) is 67.8. The van der Waals surface area contributed by atoms with Gasteiger partial charge in [-0.15, -0.1) is 0 Å². The van der Waals surface area contributed by atoms with Crippen LogP contribution in [0.1, 0.15) is 303 Å². The van der Waals surface area contributed by atoms with Crippen LogP contribution in [0.25, 0.3) is 0 Å². The van der Waals surface area contributed by atoms with Crippen LogP contribution >= 0.6 is 0 Å². The minimum atomic E-state index is -0.782. The third-order valence-corrected chi connectivity index (χ3v) is 13.2. The molecule has 0 N–H and O–H groups in total. The van der Waals surface area contributed by atoms with Crippen LogP contribution < -0.4 is 0 Å². The van der Waals surface area contributed by atoms with Crippen LogP contribution in [-0.4, -0.2) is 37.2 Å². The molecule has 1 unspecified atom stereocenters. The third-order valence-electron chi connectivity index (χ3n) is 13.2. The minimum absolute atomic E-state index is 0.0809. The quantitative estimate of drug-likeness (QED) is 0.0261. The summed E-state index contributed by atoms with van der Waals surface area (Å²) in [5.41, 5.74) is 0. The van der Waals surface area contributed by atoms with Gasteiger partial charge in [0.2, 0.25) is 0 Å². The third kappa shape index (κ3) is 57.6. The van der Waals surface area contributed by atoms with E-state index in [0.717, 1.165) is 96.3 Å². The van der Waals surface area contributed by atoms with Gasteiger partial charge in [0, 0.05) is 19.3 Å². The Bertz CT molecular complexity index is 1320. The van der Waals surface area contributed by atoms with Crippen molar-refractivity contribution in [3.05, 3.63) is 72.9 Å². The van der Waals surface area contributed by atoms with E-state index < -0.39 is 6.10 Å². The maximum Gasteiger partial charge on any atom is 0.306 e. The number of carbonyl (C=O) groups is 3. The monoisotopic (exact) mass is 991 g/mol. The summed E-state index contributed by atoms with van der Waals surface area (Å²) in [4.78, 5) is 38.0. The fourth-order valence-electron chi connectivity index (χ4n) is 8.57. The molecule has 0 radical (unpaired) electrons. The van der Waals surface area contributed by atoms with Gasteiger partial charge in [0.15, 0.2) is 6.10 Å². The van der Waals surface area contributed by atoms with Gasteiger partial charge < -0.3 is 14.2 Å². The topological polar surface area (TPSA) is 78.9 Å². The lowest BCUT2D eigenvalue weighted by atomic mass is 10.1. The molecule has 0 bridgehead atoms. The zero-order valence-corrected chi connectivity index (χ0v) is 47.0. The number of esters is 3. The van der Waals surface area contributed by atoms with Crippen molar-refractivity contribution >= 4 is 17.9 Å². The zero-order valence-electron chi connectivity index (χ0n) is 47.0. The molecule has 0 rings (SSSR count). The molecule has 0 spiro atoms. The Kier molecular flexibility index (Phi) is 56.8. The molecule has 0 aromatic heterocycles. The molecule has 0 aromatic carbocycles. The predicted molar refractivity (Wildman–Crippen MR) is 307 cm³/mol. The fourth-order valence-corrected chi connectivity index (χ4v) is 8.57. The van der Waals surface area contributed by atoms with Gasteiger partial charge in [-0.1, -0.05) is 261 Å². The normalized spacial score (nSPS) is 12.5. The lowest BCUT2D eigenvalue weighted by Crippen LogP contribution is -2.30. The molecule has 0 saturated carbocycles. The van der Waals surface area contributed by atoms with Gasteiger partial charge >= 0.3 is 17.9 Å². The van der Waals surface area contributed by atoms with Crippen molar-refractivity contribution in [1.29, 1.82) is 0 Å². The van der Waals surface area contributed by atoms with E-state index in [2.05, 4.69) is 93.7 Å². The highest BCUT2D eigenvalue weighted by atomic mass is 16.6. The van der Waals surface area contributed by atoms with Gasteiger partial charge in [-0.25, -0.2) is 0 Å². The van der Waals surface area contributed by atoms with Crippen LogP contribution in [0.3, 0.4) is 0 Å². The second-order valence-electron chi connectivity index (χ2n) is 20.3. The van der Waals surface area contributed by atoms with Gasteiger partial charge in [0.05, 0.1) is 0 Å². The summed E-state index contributed by atoms with van der Waals surface area (Å²) in [7, 11) is 0. The van der Waals surface area contributed by atoms with E-state index in [1.165, 1.54) is 167 Å². The molecule has 6 nitrogen and oxygen atoms in total. The van der Waals surface area contributed by atoms with Gasteiger partial charge in [-0.05, 0) is 96.3 Å². The summed E-state index contributed by atoms with van der Waals surface area (Å²) in [6.07, 6.45) is 76.3. The summed E-state index contributed by atoms with van der Waals surface area (Å²) in [6, 6.07) is 0. The Morgan fingerprint density at radius 2 is 0.507 bits per heavy atom. The summed E-state index contributed by atoms with van der Waals surface area (Å²) in [5, 5.41) is 0. The van der Waals surface area contributed by atoms with E-state index in [0.29, 0.717) is 19.3 Å². The molecule has 0 aliphatic heterocycles. The van der Waals surface area contributed by atoms with Crippen molar-refractivity contribution in [2.24, 2.45) is 0 Å². The van der Waals surface area contributed by atoms with E-state index >= 15 is 0 Å². The highest BCUT2D eigenvalue weighted by Crippen LogP contribution is 2.15. The molecule has 410 valence electrons. The van der Waals surface area contributed by atoms with E-state index in [1.807, 2.05) is 0 Å². The van der Waals surface area contributed by atoms with Crippen molar-refractivity contribution in [1.82, 2.24) is 0 Å². The molecular formula is C65H114O6. The van der Waals surface area contributed by atoms with E-state index in [-0.39, 0.29) is 31.1 Å². The Hall–Kier alpha value is -3.15. The average Bonchev–Trinajstić information content (AvgIpc) is 3.37. The number of ether oxygens (including phenoxy) is 3. The van der Waals surface area contributed by atoms with E-state index in [1.54, 1.807) is 0 Å². The maximum absolute atomic E-state index is 12.8. The van der Waals surface area contributed by atoms with E-state index in [9.17, 15) is 14.4 Å². The smallest absolute Gasteiger partial charge is 0.306 e. The molecule has 0 fully saturated rings. The molecule has 0 saturated heterocycles. The number of rotatable bonds is 55. The molecular weight excluding hydrogens is 877 g/mol. The highest BCUT2D eigenvalue weighted by Gasteiger charge is 2.19. The van der Waals surface area contributed by atoms with Crippen LogP contribution in [0.15, 0.2) is 72.9 Å².